The Hall–Kier alpha value is -0.130. The summed E-state index contributed by atoms with van der Waals surface area (Å²) in [5, 5.41) is 3.74. The molecule has 0 aromatic heterocycles. The maximum atomic E-state index is 11.6. The summed E-state index contributed by atoms with van der Waals surface area (Å²) >= 11 is 0. The highest BCUT2D eigenvalue weighted by molar-refractivity contribution is 7.91. The molecule has 3 rings (SSSR count). The van der Waals surface area contributed by atoms with Crippen LogP contribution in [0.2, 0.25) is 0 Å². The first-order valence-electron chi connectivity index (χ1n) is 7.28. The molecule has 5 heteroatoms. The molecule has 1 unspecified atom stereocenters. The van der Waals surface area contributed by atoms with Crippen LogP contribution in [0.4, 0.5) is 0 Å². The summed E-state index contributed by atoms with van der Waals surface area (Å²) in [5.74, 6) is 0.789. The topological polar surface area (TPSA) is 49.4 Å². The van der Waals surface area contributed by atoms with Gasteiger partial charge in [0, 0.05) is 18.1 Å². The van der Waals surface area contributed by atoms with Gasteiger partial charge in [0.25, 0.3) is 0 Å². The first-order chi connectivity index (χ1) is 8.59. The third kappa shape index (κ3) is 2.58. The van der Waals surface area contributed by atoms with Crippen LogP contribution >= 0.6 is 0 Å². The van der Waals surface area contributed by atoms with Gasteiger partial charge < -0.3 is 5.32 Å². The van der Waals surface area contributed by atoms with E-state index in [1.165, 1.54) is 25.7 Å². The van der Waals surface area contributed by atoms with Crippen molar-refractivity contribution >= 4 is 9.84 Å². The second-order valence-corrected chi connectivity index (χ2v) is 8.52. The third-order valence-corrected chi connectivity index (χ3v) is 6.66. The molecule has 3 fully saturated rings. The predicted octanol–water partition coefficient (Wildman–Crippen LogP) is 0.782. The molecule has 2 heterocycles. The van der Waals surface area contributed by atoms with Gasteiger partial charge in [0.1, 0.15) is 0 Å². The van der Waals surface area contributed by atoms with E-state index in [1.807, 2.05) is 0 Å². The van der Waals surface area contributed by atoms with Crippen molar-refractivity contribution in [2.24, 2.45) is 0 Å². The normalized spacial score (nSPS) is 35.9. The Morgan fingerprint density at radius 1 is 1.17 bits per heavy atom. The van der Waals surface area contributed by atoms with Crippen molar-refractivity contribution in [3.63, 3.8) is 0 Å². The summed E-state index contributed by atoms with van der Waals surface area (Å²) in [4.78, 5) is 2.47. The fourth-order valence-electron chi connectivity index (χ4n) is 3.92. The smallest absolute Gasteiger partial charge is 0.151 e. The molecule has 0 amide bonds. The van der Waals surface area contributed by atoms with E-state index in [4.69, 9.17) is 0 Å². The molecule has 1 atom stereocenters. The zero-order valence-electron chi connectivity index (χ0n) is 11.0. The molecule has 1 N–H and O–H groups in total. The molecular formula is C13H24N2O2S. The highest BCUT2D eigenvalue weighted by Crippen LogP contribution is 2.33. The van der Waals surface area contributed by atoms with Gasteiger partial charge >= 0.3 is 0 Å². The SMILES string of the molecule is O=S1(=O)CCC(N2CCCNC3(CCCC3)C2)C1. The second-order valence-electron chi connectivity index (χ2n) is 6.30. The van der Waals surface area contributed by atoms with Crippen molar-refractivity contribution in [3.8, 4) is 0 Å². The van der Waals surface area contributed by atoms with Crippen molar-refractivity contribution in [1.29, 1.82) is 0 Å². The molecule has 0 radical (unpaired) electrons. The van der Waals surface area contributed by atoms with Crippen LogP contribution in [0, 0.1) is 0 Å². The molecule has 0 aromatic rings. The van der Waals surface area contributed by atoms with E-state index in [1.54, 1.807) is 0 Å². The van der Waals surface area contributed by atoms with Crippen LogP contribution < -0.4 is 5.32 Å². The average Bonchev–Trinajstić information content (AvgIpc) is 2.83. The van der Waals surface area contributed by atoms with Gasteiger partial charge in [0.05, 0.1) is 11.5 Å². The van der Waals surface area contributed by atoms with Crippen molar-refractivity contribution in [2.45, 2.75) is 50.1 Å². The Kier molecular flexibility index (Phi) is 3.41. The minimum atomic E-state index is -2.75. The van der Waals surface area contributed by atoms with Gasteiger partial charge in [0.15, 0.2) is 9.84 Å². The van der Waals surface area contributed by atoms with E-state index in [2.05, 4.69) is 10.2 Å². The van der Waals surface area contributed by atoms with E-state index < -0.39 is 9.84 Å². The van der Waals surface area contributed by atoms with E-state index in [0.29, 0.717) is 17.0 Å². The molecule has 1 saturated carbocycles. The molecular weight excluding hydrogens is 248 g/mol. The van der Waals surface area contributed by atoms with Crippen molar-refractivity contribution in [2.75, 3.05) is 31.1 Å². The van der Waals surface area contributed by atoms with Crippen LogP contribution in [-0.4, -0.2) is 56.0 Å². The lowest BCUT2D eigenvalue weighted by atomic mass is 9.96. The Bertz CT molecular complexity index is 401. The first-order valence-corrected chi connectivity index (χ1v) is 9.10. The van der Waals surface area contributed by atoms with Crippen LogP contribution in [0.1, 0.15) is 38.5 Å². The summed E-state index contributed by atoms with van der Waals surface area (Å²) in [6.45, 7) is 3.22. The Morgan fingerprint density at radius 3 is 2.61 bits per heavy atom. The lowest BCUT2D eigenvalue weighted by Gasteiger charge is -2.36. The minimum absolute atomic E-state index is 0.285. The van der Waals surface area contributed by atoms with Gasteiger partial charge in [-0.25, -0.2) is 8.42 Å². The average molecular weight is 272 g/mol. The molecule has 0 bridgehead atoms. The molecule has 2 aliphatic heterocycles. The first kappa shape index (κ1) is 12.9. The second kappa shape index (κ2) is 4.76. The summed E-state index contributed by atoms with van der Waals surface area (Å²) < 4.78 is 23.3. The minimum Gasteiger partial charge on any atom is -0.310 e. The highest BCUT2D eigenvalue weighted by atomic mass is 32.2. The van der Waals surface area contributed by atoms with Crippen molar-refractivity contribution < 1.29 is 8.42 Å². The molecule has 4 nitrogen and oxygen atoms in total. The number of nitrogens with zero attached hydrogens (tertiary/aromatic N) is 1. The molecule has 1 aliphatic carbocycles. The number of sulfone groups is 1. The maximum absolute atomic E-state index is 11.6. The molecule has 1 spiro atoms. The molecule has 2 saturated heterocycles. The van der Waals surface area contributed by atoms with Gasteiger partial charge in [-0.1, -0.05) is 12.8 Å². The highest BCUT2D eigenvalue weighted by Gasteiger charge is 2.40. The number of hydrogen-bond acceptors (Lipinski definition) is 4. The molecule has 0 aromatic carbocycles. The standard InChI is InChI=1S/C13H24N2O2S/c16-18(17)9-4-12(10-18)15-8-3-7-14-13(11-15)5-1-2-6-13/h12,14H,1-11H2. The number of hydrogen-bond donors (Lipinski definition) is 1. The van der Waals surface area contributed by atoms with E-state index in [0.717, 1.165) is 32.5 Å². The van der Waals surface area contributed by atoms with Crippen LogP contribution in [0.15, 0.2) is 0 Å². The van der Waals surface area contributed by atoms with Crippen LogP contribution in [0.25, 0.3) is 0 Å². The van der Waals surface area contributed by atoms with Crippen molar-refractivity contribution in [3.05, 3.63) is 0 Å². The summed E-state index contributed by atoms with van der Waals surface area (Å²) in [5.41, 5.74) is 0.294. The van der Waals surface area contributed by atoms with Gasteiger partial charge in [-0.15, -0.1) is 0 Å². The Morgan fingerprint density at radius 2 is 1.94 bits per heavy atom. The van der Waals surface area contributed by atoms with Crippen LogP contribution in [0.3, 0.4) is 0 Å². The fraction of sp³-hybridized carbons (Fsp3) is 1.00. The lowest BCUT2D eigenvalue weighted by Crippen LogP contribution is -2.51. The van der Waals surface area contributed by atoms with E-state index in [-0.39, 0.29) is 6.04 Å². The van der Waals surface area contributed by atoms with Crippen molar-refractivity contribution in [1.82, 2.24) is 10.2 Å². The zero-order valence-corrected chi connectivity index (χ0v) is 11.8. The third-order valence-electron chi connectivity index (χ3n) is 4.91. The molecule has 3 aliphatic rings. The maximum Gasteiger partial charge on any atom is 0.151 e. The van der Waals surface area contributed by atoms with Gasteiger partial charge in [-0.05, 0) is 38.8 Å². The zero-order chi connectivity index (χ0) is 12.6. The van der Waals surface area contributed by atoms with Crippen LogP contribution in [-0.2, 0) is 9.84 Å². The van der Waals surface area contributed by atoms with E-state index in [9.17, 15) is 8.42 Å². The van der Waals surface area contributed by atoms with Gasteiger partial charge in [-0.3, -0.25) is 4.90 Å². The summed E-state index contributed by atoms with van der Waals surface area (Å²) in [6, 6.07) is 0.285. The van der Waals surface area contributed by atoms with Crippen LogP contribution in [0.5, 0.6) is 0 Å². The Balaban J connectivity index is 1.71. The quantitative estimate of drug-likeness (QED) is 0.766. The summed E-state index contributed by atoms with van der Waals surface area (Å²) in [6.07, 6.45) is 7.18. The van der Waals surface area contributed by atoms with Gasteiger partial charge in [0.2, 0.25) is 0 Å². The summed E-state index contributed by atoms with van der Waals surface area (Å²) in [7, 11) is -2.75. The lowest BCUT2D eigenvalue weighted by molar-refractivity contribution is 0.168. The molecule has 104 valence electrons. The van der Waals surface area contributed by atoms with E-state index >= 15 is 0 Å². The number of rotatable bonds is 1. The molecule has 18 heavy (non-hydrogen) atoms. The fourth-order valence-corrected chi connectivity index (χ4v) is 5.68. The predicted molar refractivity (Wildman–Crippen MR) is 72.5 cm³/mol. The monoisotopic (exact) mass is 272 g/mol. The number of nitrogens with one attached hydrogen (secondary N) is 1. The Labute approximate surface area is 110 Å². The van der Waals surface area contributed by atoms with Gasteiger partial charge in [-0.2, -0.15) is 0 Å². The largest absolute Gasteiger partial charge is 0.310 e.